The van der Waals surface area contributed by atoms with E-state index in [-0.39, 0.29) is 11.2 Å². The predicted molar refractivity (Wildman–Crippen MR) is 347 cm³/mol. The minimum absolute atomic E-state index is 0.110. The molecule has 9 nitrogen and oxygen atoms in total. The van der Waals surface area contributed by atoms with Crippen LogP contribution in [0.3, 0.4) is 0 Å². The molecule has 0 unspecified atom stereocenters. The Labute approximate surface area is 523 Å². The molecule has 0 aromatic carbocycles. The lowest BCUT2D eigenvalue weighted by Gasteiger charge is -2.58. The van der Waals surface area contributed by atoms with Gasteiger partial charge < -0.3 is 15.3 Å². The zero-order valence-corrected chi connectivity index (χ0v) is 55.1. The second-order valence-electron chi connectivity index (χ2n) is 33.9. The van der Waals surface area contributed by atoms with Crippen molar-refractivity contribution in [2.45, 2.75) is 240 Å². The molecular weight excluding hydrogens is 1080 g/mol. The Bertz CT molecular complexity index is 3020. The molecule has 0 aliphatic heterocycles. The highest BCUT2D eigenvalue weighted by molar-refractivity contribution is 5.28. The van der Waals surface area contributed by atoms with E-state index in [0.717, 1.165) is 104 Å². The highest BCUT2D eigenvalue weighted by Gasteiger charge is 2.61. The monoisotopic (exact) mass is 1190 g/mol. The molecule has 24 atom stereocenters. The van der Waals surface area contributed by atoms with Gasteiger partial charge in [-0.2, -0.15) is 15.3 Å². The molecule has 0 radical (unpaired) electrons. The van der Waals surface area contributed by atoms with Gasteiger partial charge in [0.25, 0.3) is 0 Å². The van der Waals surface area contributed by atoms with Gasteiger partial charge in [-0.15, -0.1) is 0 Å². The third-order valence-electron chi connectivity index (χ3n) is 29.3. The molecule has 12 aliphatic carbocycles. The maximum absolute atomic E-state index is 15.3. The second-order valence-corrected chi connectivity index (χ2v) is 33.9. The van der Waals surface area contributed by atoms with Gasteiger partial charge in [-0.3, -0.25) is 14.0 Å². The van der Waals surface area contributed by atoms with Gasteiger partial charge >= 0.3 is 0 Å². The summed E-state index contributed by atoms with van der Waals surface area (Å²) in [5, 5.41) is 45.4. The number of allylic oxidation sites excluding steroid dienone is 5. The predicted octanol–water partition coefficient (Wildman–Crippen LogP) is 17.0. The van der Waals surface area contributed by atoms with Crippen molar-refractivity contribution in [2.24, 2.45) is 123 Å². The van der Waals surface area contributed by atoms with E-state index in [9.17, 15) is 15.3 Å². The summed E-state index contributed by atoms with van der Waals surface area (Å²) in [4.78, 5) is 0. The zero-order chi connectivity index (χ0) is 61.2. The fraction of sp³-hybridized carbons (Fsp3) is 0.753. The molecule has 10 fully saturated rings. The van der Waals surface area contributed by atoms with Crippen LogP contribution in [-0.4, -0.2) is 61.5 Å². The van der Waals surface area contributed by atoms with Crippen LogP contribution in [0.1, 0.15) is 203 Å². The van der Waals surface area contributed by atoms with Crippen LogP contribution in [0, 0.1) is 123 Å². The number of nitrogens with zero attached hydrogens (tertiary/aromatic N) is 6. The fourth-order valence-electron chi connectivity index (χ4n) is 24.5. The Morgan fingerprint density at radius 3 is 1.52 bits per heavy atom. The van der Waals surface area contributed by atoms with Gasteiger partial charge in [-0.25, -0.2) is 4.39 Å². The van der Waals surface area contributed by atoms with E-state index >= 15 is 4.39 Å². The number of fused-ring (bicyclic) bond motifs is 15. The SMILES string of the molecule is C=C(Cn1cccn1)[C@H]1CC[C@H]2[C@@H]3CC(F)=C4C[C@](C)(O)CC[C@@H]4[C@H]3CC[C@]12C.C=C(Cn1cccn1)[C@H]1CC[C@H]2[C@@H]3CC=C4C[C@](C)(O)[C@@H](C)C[C@@H]4[C@H]3CC[C@]12C.C=C(Cn1cccn1)[C@H]1CC[C@H]2[C@@H]3CC[C@@H]4C[C@](C)(O)[C@@H](C)C[C@@H]4[C@H]3CC[C@]12C. The Hall–Kier alpha value is -3.86. The molecule has 3 aromatic rings. The molecular formula is C77H113FN6O3. The van der Waals surface area contributed by atoms with Crippen LogP contribution >= 0.6 is 0 Å². The minimum Gasteiger partial charge on any atom is -0.390 e. The molecule has 12 aliphatic rings. The van der Waals surface area contributed by atoms with E-state index in [1.807, 2.05) is 70.9 Å². The minimum atomic E-state index is -0.720. The molecule has 3 aromatic heterocycles. The van der Waals surface area contributed by atoms with Crippen molar-refractivity contribution < 1.29 is 19.7 Å². The zero-order valence-electron chi connectivity index (χ0n) is 55.1. The molecule has 476 valence electrons. The summed E-state index contributed by atoms with van der Waals surface area (Å²) in [6, 6.07) is 5.98. The summed E-state index contributed by atoms with van der Waals surface area (Å²) in [5.74, 6) is 12.3. The van der Waals surface area contributed by atoms with E-state index in [4.69, 9.17) is 0 Å². The molecule has 0 bridgehead atoms. The van der Waals surface area contributed by atoms with Crippen LogP contribution in [0.25, 0.3) is 0 Å². The fourth-order valence-corrected chi connectivity index (χ4v) is 24.5. The van der Waals surface area contributed by atoms with Crippen molar-refractivity contribution in [3.8, 4) is 0 Å². The van der Waals surface area contributed by atoms with Gasteiger partial charge in [0, 0.05) is 43.6 Å². The van der Waals surface area contributed by atoms with E-state index in [0.29, 0.717) is 76.9 Å². The normalized spacial score (nSPS) is 46.6. The van der Waals surface area contributed by atoms with E-state index in [2.05, 4.69) is 95.0 Å². The lowest BCUT2D eigenvalue weighted by molar-refractivity contribution is -0.121. The Morgan fingerprint density at radius 1 is 0.517 bits per heavy atom. The quantitative estimate of drug-likeness (QED) is 0.184. The van der Waals surface area contributed by atoms with Crippen LogP contribution in [0.4, 0.5) is 4.39 Å². The largest absolute Gasteiger partial charge is 0.390 e. The highest BCUT2D eigenvalue weighted by Crippen LogP contribution is 2.69. The summed E-state index contributed by atoms with van der Waals surface area (Å²) in [5.41, 5.74) is 6.01. The summed E-state index contributed by atoms with van der Waals surface area (Å²) in [6.07, 6.45) is 41.2. The van der Waals surface area contributed by atoms with Crippen molar-refractivity contribution >= 4 is 0 Å². The first-order chi connectivity index (χ1) is 41.4. The van der Waals surface area contributed by atoms with Crippen LogP contribution in [0.15, 0.2) is 115 Å². The third-order valence-corrected chi connectivity index (χ3v) is 29.3. The molecule has 3 heterocycles. The van der Waals surface area contributed by atoms with E-state index in [1.165, 1.54) is 126 Å². The molecule has 15 rings (SSSR count). The Balaban J connectivity index is 0.000000121. The molecule has 0 amide bonds. The summed E-state index contributed by atoms with van der Waals surface area (Å²) >= 11 is 0. The van der Waals surface area contributed by atoms with Gasteiger partial charge in [0.2, 0.25) is 0 Å². The molecule has 0 saturated heterocycles. The molecule has 3 N–H and O–H groups in total. The van der Waals surface area contributed by atoms with Gasteiger partial charge in [0.15, 0.2) is 0 Å². The van der Waals surface area contributed by atoms with Crippen molar-refractivity contribution in [2.75, 3.05) is 0 Å². The van der Waals surface area contributed by atoms with Crippen molar-refractivity contribution in [3.63, 3.8) is 0 Å². The number of aliphatic hydroxyl groups is 3. The number of rotatable bonds is 9. The van der Waals surface area contributed by atoms with Crippen LogP contribution < -0.4 is 0 Å². The Kier molecular flexibility index (Phi) is 16.6. The standard InChI is InChI=1S/C26H40N2O.C26H38N2O.C25H35FN2O/c2*1-17(16-28-13-5-12-27-28)23-8-9-24-21-7-6-19-15-26(4,29)18(2)14-22(19)20(21)10-11-25(23,24)3;1-16(15-28-12-4-11-27-28)21-5-6-22-19-13-23(26)20-14-24(2,29)9-7-18(20)17(19)8-10-25(21,22)3/h5,12-13,18-24,29H,1,6-11,14-16H2,2-4H3;5-6,12-13,18,20-24,29H,1,7-11,14-16H2,2-4H3;4,11-12,17-19,21-22,29H,1,5-10,13-15H2,2-3H3/t18-,19+,20-,21+,22-,23+,24-,25+,26-;18-,20-,21+,22-,23+,24-,25+,26-;17-,18-,19-,21-,22+,24-,25-/m001/s1. The first-order valence-corrected chi connectivity index (χ1v) is 35.6. The van der Waals surface area contributed by atoms with Gasteiger partial charge in [-0.05, 0) is 309 Å². The number of hydrogen-bond acceptors (Lipinski definition) is 6. The summed E-state index contributed by atoms with van der Waals surface area (Å²) in [6.45, 7) is 34.3. The van der Waals surface area contributed by atoms with Crippen molar-refractivity contribution in [3.05, 3.63) is 115 Å². The average Bonchev–Trinajstić information content (AvgIpc) is 1.85. The summed E-state index contributed by atoms with van der Waals surface area (Å²) < 4.78 is 21.3. The van der Waals surface area contributed by atoms with Gasteiger partial charge in [0.1, 0.15) is 0 Å². The van der Waals surface area contributed by atoms with Crippen LogP contribution in [0.5, 0.6) is 0 Å². The lowest BCUT2D eigenvalue weighted by Crippen LogP contribution is -2.52. The van der Waals surface area contributed by atoms with Crippen molar-refractivity contribution in [1.82, 2.24) is 29.3 Å². The molecule has 10 saturated carbocycles. The van der Waals surface area contributed by atoms with E-state index < -0.39 is 16.8 Å². The maximum Gasteiger partial charge on any atom is 0.0998 e. The third kappa shape index (κ3) is 11.2. The summed E-state index contributed by atoms with van der Waals surface area (Å²) in [7, 11) is 0. The van der Waals surface area contributed by atoms with E-state index in [1.54, 1.807) is 5.57 Å². The number of halogens is 1. The first-order valence-electron chi connectivity index (χ1n) is 35.6. The average molecular weight is 1190 g/mol. The van der Waals surface area contributed by atoms with Crippen molar-refractivity contribution in [1.29, 1.82) is 0 Å². The maximum atomic E-state index is 15.3. The highest BCUT2D eigenvalue weighted by atomic mass is 19.1. The first kappa shape index (κ1) is 62.0. The smallest absolute Gasteiger partial charge is 0.0998 e. The van der Waals surface area contributed by atoms with Crippen LogP contribution in [-0.2, 0) is 19.6 Å². The Morgan fingerprint density at radius 2 is 1.00 bits per heavy atom. The van der Waals surface area contributed by atoms with Gasteiger partial charge in [-0.1, -0.05) is 82.7 Å². The topological polar surface area (TPSA) is 114 Å². The number of aromatic nitrogens is 6. The number of hydrogen-bond donors (Lipinski definition) is 3. The molecule has 10 heteroatoms. The molecule has 0 spiro atoms. The molecule has 87 heavy (non-hydrogen) atoms. The lowest BCUT2D eigenvalue weighted by atomic mass is 9.48. The van der Waals surface area contributed by atoms with Crippen LogP contribution in [0.2, 0.25) is 0 Å². The van der Waals surface area contributed by atoms with Gasteiger partial charge in [0.05, 0.1) is 42.3 Å². The second kappa shape index (κ2) is 23.4.